The van der Waals surface area contributed by atoms with Gasteiger partial charge in [0.25, 0.3) is 0 Å². The Bertz CT molecular complexity index is 1050. The van der Waals surface area contributed by atoms with Crippen molar-refractivity contribution >= 4 is 0 Å². The fourth-order valence-corrected chi connectivity index (χ4v) is 6.17. The zero-order chi connectivity index (χ0) is 25.9. The Morgan fingerprint density at radius 3 is 2.19 bits per heavy atom. The van der Waals surface area contributed by atoms with E-state index >= 15 is 0 Å². The maximum atomic E-state index is 14.0. The van der Waals surface area contributed by atoms with E-state index in [2.05, 4.69) is 85.8 Å². The Kier molecular flexibility index (Phi) is 7.97. The lowest BCUT2D eigenvalue weighted by Gasteiger charge is -2.58. The van der Waals surface area contributed by atoms with E-state index in [9.17, 15) is 4.39 Å². The third-order valence-corrected chi connectivity index (χ3v) is 8.40. The van der Waals surface area contributed by atoms with E-state index in [-0.39, 0.29) is 5.54 Å². The summed E-state index contributed by atoms with van der Waals surface area (Å²) in [6.45, 7) is 17.8. The van der Waals surface area contributed by atoms with Gasteiger partial charge in [0.1, 0.15) is 5.67 Å². The van der Waals surface area contributed by atoms with Gasteiger partial charge in [0.05, 0.1) is 5.54 Å². The molecule has 1 aliphatic carbocycles. The number of benzene rings is 2. The highest BCUT2D eigenvalue weighted by atomic mass is 19.1. The summed E-state index contributed by atoms with van der Waals surface area (Å²) >= 11 is 0. The van der Waals surface area contributed by atoms with Crippen LogP contribution in [-0.2, 0) is 19.3 Å². The number of piperidine rings is 2. The summed E-state index contributed by atoms with van der Waals surface area (Å²) in [4.78, 5) is 2.59. The third kappa shape index (κ3) is 6.60. The normalized spacial score (nSPS) is 23.5. The number of nitrogens with one attached hydrogen (secondary N) is 1. The summed E-state index contributed by atoms with van der Waals surface area (Å²) in [5, 5.41) is 3.93. The van der Waals surface area contributed by atoms with Crippen LogP contribution in [0.2, 0.25) is 0 Å². The second kappa shape index (κ2) is 10.8. The standard InChI is InChI=1S/C33H45FN2/c1-24-7-11-28(12-8-24)13-9-26(3)35-33-20-19-31(21-25(33)2)36(23-33)27(4)10-14-29-15-17-30(18-16-29)22-32(5,6)34/h7-8,11-12,15-18,25,31,35H,3-4,9-10,13-14,19-23H2,1-2,5-6H3. The second-order valence-corrected chi connectivity index (χ2v) is 12.1. The van der Waals surface area contributed by atoms with Crippen molar-refractivity contribution < 1.29 is 4.39 Å². The Balaban J connectivity index is 1.32. The number of alkyl halides is 1. The average Bonchev–Trinajstić information content (AvgIpc) is 2.83. The number of allylic oxidation sites excluding steroid dienone is 2. The molecule has 3 atom stereocenters. The van der Waals surface area contributed by atoms with Crippen LogP contribution in [0.4, 0.5) is 4.39 Å². The maximum absolute atomic E-state index is 14.0. The number of halogens is 1. The topological polar surface area (TPSA) is 15.3 Å². The Labute approximate surface area is 218 Å². The van der Waals surface area contributed by atoms with Crippen LogP contribution in [0.5, 0.6) is 0 Å². The number of fused-ring (bicyclic) bond motifs is 3. The molecule has 3 aliphatic rings. The highest BCUT2D eigenvalue weighted by Gasteiger charge is 2.49. The summed E-state index contributed by atoms with van der Waals surface area (Å²) in [6, 6.07) is 17.9. The lowest BCUT2D eigenvalue weighted by atomic mass is 9.66. The van der Waals surface area contributed by atoms with E-state index in [0.29, 0.717) is 18.4 Å². The molecule has 3 unspecified atom stereocenters. The van der Waals surface area contributed by atoms with Crippen LogP contribution < -0.4 is 5.32 Å². The molecule has 2 nitrogen and oxygen atoms in total. The highest BCUT2D eigenvalue weighted by molar-refractivity contribution is 5.25. The summed E-state index contributed by atoms with van der Waals surface area (Å²) in [5.74, 6) is 0.628. The van der Waals surface area contributed by atoms with Crippen molar-refractivity contribution in [3.8, 4) is 0 Å². The number of rotatable bonds is 11. The monoisotopic (exact) mass is 488 g/mol. The van der Waals surface area contributed by atoms with Gasteiger partial charge in [0.2, 0.25) is 0 Å². The molecule has 2 aromatic rings. The quantitative estimate of drug-likeness (QED) is 0.348. The second-order valence-electron chi connectivity index (χ2n) is 12.1. The van der Waals surface area contributed by atoms with Crippen LogP contribution in [-0.4, -0.2) is 28.7 Å². The zero-order valence-corrected chi connectivity index (χ0v) is 22.9. The van der Waals surface area contributed by atoms with Crippen LogP contribution in [0.1, 0.15) is 75.1 Å². The van der Waals surface area contributed by atoms with Crippen molar-refractivity contribution in [2.45, 2.75) is 96.3 Å². The van der Waals surface area contributed by atoms with E-state index in [4.69, 9.17) is 0 Å². The van der Waals surface area contributed by atoms with Crippen LogP contribution >= 0.6 is 0 Å². The first-order valence-corrected chi connectivity index (χ1v) is 13.8. The molecule has 3 fully saturated rings. The molecule has 0 aromatic heterocycles. The number of hydrogen-bond acceptors (Lipinski definition) is 2. The van der Waals surface area contributed by atoms with Crippen molar-refractivity contribution in [2.24, 2.45) is 5.92 Å². The van der Waals surface area contributed by atoms with Gasteiger partial charge < -0.3 is 10.2 Å². The Hall–Kier alpha value is -2.55. The molecule has 36 heavy (non-hydrogen) atoms. The lowest BCUT2D eigenvalue weighted by Crippen LogP contribution is -2.67. The van der Waals surface area contributed by atoms with E-state index < -0.39 is 5.67 Å². The van der Waals surface area contributed by atoms with Crippen molar-refractivity contribution in [3.63, 3.8) is 0 Å². The van der Waals surface area contributed by atoms with Crippen LogP contribution in [0, 0.1) is 12.8 Å². The van der Waals surface area contributed by atoms with Crippen molar-refractivity contribution in [3.05, 3.63) is 95.3 Å². The molecule has 194 valence electrons. The van der Waals surface area contributed by atoms with Gasteiger partial charge in [-0.25, -0.2) is 4.39 Å². The minimum absolute atomic E-state index is 0.0862. The van der Waals surface area contributed by atoms with E-state index in [1.807, 2.05) is 0 Å². The molecule has 3 heteroatoms. The maximum Gasteiger partial charge on any atom is 0.109 e. The molecule has 2 aliphatic heterocycles. The van der Waals surface area contributed by atoms with Gasteiger partial charge in [0.15, 0.2) is 0 Å². The molecule has 2 saturated heterocycles. The van der Waals surface area contributed by atoms with Crippen LogP contribution in [0.25, 0.3) is 0 Å². The number of aryl methyl sites for hydroxylation is 3. The molecule has 1 N–H and O–H groups in total. The predicted molar refractivity (Wildman–Crippen MR) is 151 cm³/mol. The molecule has 2 aromatic carbocycles. The zero-order valence-electron chi connectivity index (χ0n) is 22.9. The number of hydrogen-bond donors (Lipinski definition) is 1. The van der Waals surface area contributed by atoms with Gasteiger partial charge in [-0.1, -0.05) is 74.2 Å². The molecule has 0 radical (unpaired) electrons. The van der Waals surface area contributed by atoms with Gasteiger partial charge in [-0.3, -0.25) is 0 Å². The first-order chi connectivity index (χ1) is 17.0. The minimum Gasteiger partial charge on any atom is -0.381 e. The average molecular weight is 489 g/mol. The minimum atomic E-state index is -1.17. The van der Waals surface area contributed by atoms with Gasteiger partial charge >= 0.3 is 0 Å². The molecular weight excluding hydrogens is 443 g/mol. The SMILES string of the molecule is C=C(CCc1ccc(C)cc1)NC12CCC(CC1C)N(C(=C)CCc1ccc(CC(C)(C)F)cc1)C2. The molecule has 2 heterocycles. The molecule has 1 saturated carbocycles. The van der Waals surface area contributed by atoms with Crippen LogP contribution in [0.3, 0.4) is 0 Å². The van der Waals surface area contributed by atoms with E-state index in [1.54, 1.807) is 13.8 Å². The fourth-order valence-electron chi connectivity index (χ4n) is 6.17. The first-order valence-electron chi connectivity index (χ1n) is 13.8. The number of nitrogens with zero attached hydrogens (tertiary/aromatic N) is 1. The van der Waals surface area contributed by atoms with E-state index in [1.165, 1.54) is 41.6 Å². The van der Waals surface area contributed by atoms with Gasteiger partial charge in [-0.2, -0.15) is 0 Å². The third-order valence-electron chi connectivity index (χ3n) is 8.40. The fraction of sp³-hybridized carbons (Fsp3) is 0.515. The van der Waals surface area contributed by atoms with Crippen molar-refractivity contribution in [2.75, 3.05) is 6.54 Å². The van der Waals surface area contributed by atoms with E-state index in [0.717, 1.165) is 43.5 Å². The molecule has 5 rings (SSSR count). The van der Waals surface area contributed by atoms with Crippen molar-refractivity contribution in [1.29, 1.82) is 0 Å². The van der Waals surface area contributed by atoms with Gasteiger partial charge in [0, 0.05) is 30.4 Å². The highest BCUT2D eigenvalue weighted by Crippen LogP contribution is 2.44. The lowest BCUT2D eigenvalue weighted by molar-refractivity contribution is -0.00521. The van der Waals surface area contributed by atoms with Gasteiger partial charge in [-0.15, -0.1) is 0 Å². The summed E-state index contributed by atoms with van der Waals surface area (Å²) in [5.41, 5.74) is 6.35. The molecule has 0 spiro atoms. The smallest absolute Gasteiger partial charge is 0.109 e. The predicted octanol–water partition coefficient (Wildman–Crippen LogP) is 7.71. The van der Waals surface area contributed by atoms with Crippen molar-refractivity contribution in [1.82, 2.24) is 10.2 Å². The molecule has 2 bridgehead atoms. The van der Waals surface area contributed by atoms with Crippen LogP contribution in [0.15, 0.2) is 73.1 Å². The Morgan fingerprint density at radius 1 is 1.00 bits per heavy atom. The molecule has 0 amide bonds. The largest absolute Gasteiger partial charge is 0.381 e. The summed E-state index contributed by atoms with van der Waals surface area (Å²) in [7, 11) is 0. The molecular formula is C33H45FN2. The van der Waals surface area contributed by atoms with Gasteiger partial charge in [-0.05, 0) is 88.3 Å². The summed E-state index contributed by atoms with van der Waals surface area (Å²) < 4.78 is 14.0. The Morgan fingerprint density at radius 2 is 1.58 bits per heavy atom. The first kappa shape index (κ1) is 26.5. The summed E-state index contributed by atoms with van der Waals surface area (Å²) in [6.07, 6.45) is 8.02.